The molecule has 3 nitrogen and oxygen atoms in total. The number of nitrogen functional groups attached to an aromatic ring is 1. The van der Waals surface area contributed by atoms with Crippen molar-refractivity contribution in [2.45, 2.75) is 58.4 Å². The fourth-order valence-electron chi connectivity index (χ4n) is 3.62. The summed E-state index contributed by atoms with van der Waals surface area (Å²) in [5.74, 6) is 1.99. The van der Waals surface area contributed by atoms with E-state index in [4.69, 9.17) is 10.7 Å². The topological polar surface area (TPSA) is 43.8 Å². The van der Waals surface area contributed by atoms with E-state index < -0.39 is 0 Å². The Morgan fingerprint density at radius 2 is 2.10 bits per heavy atom. The van der Waals surface area contributed by atoms with E-state index in [-0.39, 0.29) is 0 Å². The van der Waals surface area contributed by atoms with E-state index in [9.17, 15) is 0 Å². The summed E-state index contributed by atoms with van der Waals surface area (Å²) in [6.07, 6.45) is 7.53. The highest BCUT2D eigenvalue weighted by atomic mass is 15.1. The van der Waals surface area contributed by atoms with Crippen molar-refractivity contribution < 1.29 is 0 Å². The number of imidazole rings is 1. The van der Waals surface area contributed by atoms with Gasteiger partial charge in [0.05, 0.1) is 11.0 Å². The van der Waals surface area contributed by atoms with Gasteiger partial charge in [-0.1, -0.05) is 26.7 Å². The molecule has 1 heterocycles. The van der Waals surface area contributed by atoms with E-state index in [1.165, 1.54) is 37.0 Å². The Labute approximate surface area is 121 Å². The van der Waals surface area contributed by atoms with Crippen LogP contribution in [0.4, 0.5) is 5.69 Å². The van der Waals surface area contributed by atoms with Crippen LogP contribution in [0.1, 0.15) is 57.8 Å². The van der Waals surface area contributed by atoms with E-state index in [2.05, 4.69) is 24.5 Å². The molecule has 0 saturated heterocycles. The van der Waals surface area contributed by atoms with Crippen LogP contribution in [0.15, 0.2) is 18.2 Å². The van der Waals surface area contributed by atoms with Gasteiger partial charge in [-0.05, 0) is 43.4 Å². The zero-order chi connectivity index (χ0) is 14.1. The van der Waals surface area contributed by atoms with Gasteiger partial charge in [-0.3, -0.25) is 0 Å². The molecule has 2 aromatic rings. The van der Waals surface area contributed by atoms with Gasteiger partial charge in [0.2, 0.25) is 0 Å². The van der Waals surface area contributed by atoms with Crippen LogP contribution in [-0.4, -0.2) is 9.55 Å². The third kappa shape index (κ3) is 2.30. The van der Waals surface area contributed by atoms with E-state index in [0.29, 0.717) is 6.04 Å². The summed E-state index contributed by atoms with van der Waals surface area (Å²) in [6.45, 7) is 4.62. The maximum absolute atomic E-state index is 5.91. The van der Waals surface area contributed by atoms with Crippen LogP contribution in [0.25, 0.3) is 11.0 Å². The van der Waals surface area contributed by atoms with Gasteiger partial charge in [0.1, 0.15) is 5.82 Å². The van der Waals surface area contributed by atoms with Gasteiger partial charge < -0.3 is 10.3 Å². The highest BCUT2D eigenvalue weighted by Crippen LogP contribution is 2.37. The molecule has 2 unspecified atom stereocenters. The SMILES string of the molecule is CCCc1nc2cc(N)ccc2n1C1CCCCC1C. The van der Waals surface area contributed by atoms with Crippen molar-refractivity contribution >= 4 is 16.7 Å². The van der Waals surface area contributed by atoms with Gasteiger partial charge in [0.25, 0.3) is 0 Å². The fourth-order valence-corrected chi connectivity index (χ4v) is 3.62. The number of aryl methyl sites for hydroxylation is 1. The molecular weight excluding hydrogens is 246 g/mol. The molecule has 1 aromatic heterocycles. The number of hydrogen-bond donors (Lipinski definition) is 1. The largest absolute Gasteiger partial charge is 0.399 e. The third-order valence-electron chi connectivity index (χ3n) is 4.66. The van der Waals surface area contributed by atoms with Crippen molar-refractivity contribution in [2.75, 3.05) is 5.73 Å². The van der Waals surface area contributed by atoms with Crippen molar-refractivity contribution in [1.82, 2.24) is 9.55 Å². The summed E-state index contributed by atoms with van der Waals surface area (Å²) in [4.78, 5) is 4.86. The molecule has 2 N–H and O–H groups in total. The maximum atomic E-state index is 5.91. The molecule has 1 aliphatic rings. The van der Waals surface area contributed by atoms with Gasteiger partial charge in [-0.25, -0.2) is 4.98 Å². The summed E-state index contributed by atoms with van der Waals surface area (Å²) in [7, 11) is 0. The van der Waals surface area contributed by atoms with Gasteiger partial charge in [0.15, 0.2) is 0 Å². The van der Waals surface area contributed by atoms with E-state index in [1.807, 2.05) is 12.1 Å². The number of hydrogen-bond acceptors (Lipinski definition) is 2. The summed E-state index contributed by atoms with van der Waals surface area (Å²) in [5, 5.41) is 0. The number of nitrogens with two attached hydrogens (primary N) is 1. The molecule has 0 bridgehead atoms. The normalized spacial score (nSPS) is 23.3. The molecule has 0 radical (unpaired) electrons. The molecule has 2 atom stereocenters. The number of anilines is 1. The predicted octanol–water partition coefficient (Wildman–Crippen LogP) is 4.32. The lowest BCUT2D eigenvalue weighted by Crippen LogP contribution is -2.22. The zero-order valence-electron chi connectivity index (χ0n) is 12.6. The molecule has 1 saturated carbocycles. The Morgan fingerprint density at radius 3 is 2.85 bits per heavy atom. The van der Waals surface area contributed by atoms with Crippen molar-refractivity contribution in [1.29, 1.82) is 0 Å². The van der Waals surface area contributed by atoms with Crippen LogP contribution >= 0.6 is 0 Å². The molecule has 1 fully saturated rings. The Balaban J connectivity index is 2.12. The smallest absolute Gasteiger partial charge is 0.110 e. The number of aromatic nitrogens is 2. The van der Waals surface area contributed by atoms with E-state index in [1.54, 1.807) is 0 Å². The quantitative estimate of drug-likeness (QED) is 0.845. The second-order valence-electron chi connectivity index (χ2n) is 6.23. The first-order chi connectivity index (χ1) is 9.70. The zero-order valence-corrected chi connectivity index (χ0v) is 12.6. The molecule has 1 aliphatic carbocycles. The van der Waals surface area contributed by atoms with E-state index >= 15 is 0 Å². The molecule has 0 aliphatic heterocycles. The molecule has 108 valence electrons. The van der Waals surface area contributed by atoms with Crippen molar-refractivity contribution in [3.63, 3.8) is 0 Å². The van der Waals surface area contributed by atoms with Crippen molar-refractivity contribution in [3.05, 3.63) is 24.0 Å². The predicted molar refractivity (Wildman–Crippen MR) is 84.8 cm³/mol. The number of fused-ring (bicyclic) bond motifs is 1. The van der Waals surface area contributed by atoms with Crippen molar-refractivity contribution in [2.24, 2.45) is 5.92 Å². The number of nitrogens with zero attached hydrogens (tertiary/aromatic N) is 2. The fraction of sp³-hybridized carbons (Fsp3) is 0.588. The first kappa shape index (κ1) is 13.5. The average molecular weight is 271 g/mol. The van der Waals surface area contributed by atoms with Crippen LogP contribution < -0.4 is 5.73 Å². The Morgan fingerprint density at radius 1 is 1.30 bits per heavy atom. The van der Waals surface area contributed by atoms with Crippen LogP contribution in [0.5, 0.6) is 0 Å². The summed E-state index contributed by atoms with van der Waals surface area (Å²) < 4.78 is 2.52. The standard InChI is InChI=1S/C17H25N3/c1-3-6-17-19-14-11-13(18)9-10-16(14)20(17)15-8-5-4-7-12(15)2/h9-12,15H,3-8,18H2,1-2H3. The highest BCUT2D eigenvalue weighted by molar-refractivity contribution is 5.79. The van der Waals surface area contributed by atoms with Gasteiger partial charge in [0, 0.05) is 18.2 Å². The minimum absolute atomic E-state index is 0.610. The molecule has 20 heavy (non-hydrogen) atoms. The Hall–Kier alpha value is -1.51. The second-order valence-corrected chi connectivity index (χ2v) is 6.23. The summed E-state index contributed by atoms with van der Waals surface area (Å²) in [6, 6.07) is 6.78. The molecule has 1 aromatic carbocycles. The van der Waals surface area contributed by atoms with Crippen LogP contribution in [-0.2, 0) is 6.42 Å². The number of benzene rings is 1. The van der Waals surface area contributed by atoms with Crippen LogP contribution in [0.2, 0.25) is 0 Å². The Bertz CT molecular complexity index is 600. The molecule has 3 heteroatoms. The third-order valence-corrected chi connectivity index (χ3v) is 4.66. The number of rotatable bonds is 3. The maximum Gasteiger partial charge on any atom is 0.110 e. The molecule has 3 rings (SSSR count). The lowest BCUT2D eigenvalue weighted by molar-refractivity contribution is 0.257. The highest BCUT2D eigenvalue weighted by Gasteiger charge is 2.26. The van der Waals surface area contributed by atoms with Gasteiger partial charge in [-0.15, -0.1) is 0 Å². The second kappa shape index (κ2) is 5.47. The average Bonchev–Trinajstić information content (AvgIpc) is 2.77. The molecular formula is C17H25N3. The van der Waals surface area contributed by atoms with Gasteiger partial charge >= 0.3 is 0 Å². The molecule has 0 spiro atoms. The lowest BCUT2D eigenvalue weighted by Gasteiger charge is -2.31. The summed E-state index contributed by atoms with van der Waals surface area (Å²) in [5.41, 5.74) is 9.05. The minimum atomic E-state index is 0.610. The monoisotopic (exact) mass is 271 g/mol. The summed E-state index contributed by atoms with van der Waals surface area (Å²) >= 11 is 0. The van der Waals surface area contributed by atoms with E-state index in [0.717, 1.165) is 30.0 Å². The minimum Gasteiger partial charge on any atom is -0.399 e. The lowest BCUT2D eigenvalue weighted by atomic mass is 9.85. The Kier molecular flexibility index (Phi) is 3.68. The first-order valence-electron chi connectivity index (χ1n) is 7.97. The van der Waals surface area contributed by atoms with Crippen LogP contribution in [0, 0.1) is 5.92 Å². The van der Waals surface area contributed by atoms with Gasteiger partial charge in [-0.2, -0.15) is 0 Å². The van der Waals surface area contributed by atoms with Crippen LogP contribution in [0.3, 0.4) is 0 Å². The van der Waals surface area contributed by atoms with Crippen molar-refractivity contribution in [3.8, 4) is 0 Å². The molecule has 0 amide bonds. The first-order valence-corrected chi connectivity index (χ1v) is 7.97.